The molecule has 1 heterocycles. The maximum atomic E-state index is 11.1. The zero-order valence-corrected chi connectivity index (χ0v) is 30.5. The van der Waals surface area contributed by atoms with Gasteiger partial charge >= 0.3 is 110 Å². The minimum absolute atomic E-state index is 0.850. The van der Waals surface area contributed by atoms with Gasteiger partial charge in [0.1, 0.15) is 0 Å². The van der Waals surface area contributed by atoms with Gasteiger partial charge in [-0.1, -0.05) is 40.0 Å². The molecule has 0 spiro atoms. The Morgan fingerprint density at radius 2 is 0.979 bits per heavy atom. The number of benzene rings is 4. The third-order valence-electron chi connectivity index (χ3n) is 8.99. The Morgan fingerprint density at radius 3 is 1.40 bits per heavy atom. The van der Waals surface area contributed by atoms with Crippen LogP contribution in [0.25, 0.3) is 16.9 Å². The number of aryl methyl sites for hydroxylation is 6. The summed E-state index contributed by atoms with van der Waals surface area (Å²) in [4.78, 5) is 0. The van der Waals surface area contributed by atoms with Crippen LogP contribution in [0.4, 0.5) is 0 Å². The van der Waals surface area contributed by atoms with E-state index in [1.54, 1.807) is 0 Å². The summed E-state index contributed by atoms with van der Waals surface area (Å²) in [5.41, 5.74) is 26.2. The van der Waals surface area contributed by atoms with Gasteiger partial charge in [0.25, 0.3) is 0 Å². The van der Waals surface area contributed by atoms with Crippen LogP contribution < -0.4 is 0 Å². The molecule has 0 saturated carbocycles. The van der Waals surface area contributed by atoms with Gasteiger partial charge in [0.2, 0.25) is 11.4 Å². The summed E-state index contributed by atoms with van der Waals surface area (Å²) in [6.07, 6.45) is 13.2. The molecule has 0 unspecified atom stereocenters. The second-order valence-corrected chi connectivity index (χ2v) is 14.1. The molecule has 5 rings (SSSR count). The normalized spacial score (nSPS) is 12.5. The van der Waals surface area contributed by atoms with Crippen molar-refractivity contribution in [1.82, 2.24) is 0 Å². The first kappa shape index (κ1) is 36.3. The van der Waals surface area contributed by atoms with Crippen LogP contribution >= 0.6 is 0 Å². The molecular weight excluding hydrogens is 615 g/mol. The second kappa shape index (κ2) is 18.7. The molecule has 2 nitrogen and oxygen atoms in total. The summed E-state index contributed by atoms with van der Waals surface area (Å²) in [7, 11) is 0. The van der Waals surface area contributed by atoms with Crippen LogP contribution in [0.1, 0.15) is 95.7 Å². The van der Waals surface area contributed by atoms with E-state index >= 15 is 0 Å². The Kier molecular flexibility index (Phi) is 14.4. The summed E-state index contributed by atoms with van der Waals surface area (Å²) in [5, 5.41) is 2.48. The van der Waals surface area contributed by atoms with Crippen molar-refractivity contribution in [2.24, 2.45) is 0 Å². The van der Waals surface area contributed by atoms with Gasteiger partial charge in [0.15, 0.2) is 0 Å². The van der Waals surface area contributed by atoms with Crippen LogP contribution in [-0.2, 0) is 46.5 Å². The molecule has 0 aliphatic carbocycles. The standard InChI is InChI=1S/C28H36N2.2C8H9.Ni/c1-7-10-22-17-25(18-23(11-8-2)26(22)12-9-3)28-14-13-27(30(28)29)24-15-19(4)21(6)20(5)16-24;2*1-2-8-6-4-3-5-7-8;/h13-18H,7-12H2,1-6H3;2*3-7H,1-2H2;. The Bertz CT molecular complexity index is 1570. The average Bonchev–Trinajstić information content (AvgIpc) is 3.47. The molecule has 47 heavy (non-hydrogen) atoms. The average molecular weight is 670 g/mol. The van der Waals surface area contributed by atoms with E-state index in [9.17, 15) is 5.53 Å². The van der Waals surface area contributed by atoms with Crippen molar-refractivity contribution >= 4 is 11.4 Å². The molecule has 3 heteroatoms. The first-order chi connectivity index (χ1) is 22.9. The van der Waals surface area contributed by atoms with Crippen molar-refractivity contribution in [2.45, 2.75) is 104 Å². The van der Waals surface area contributed by atoms with Gasteiger partial charge in [-0.05, 0) is 97.7 Å². The van der Waals surface area contributed by atoms with Gasteiger partial charge in [0, 0.05) is 23.3 Å². The SMILES string of the molecule is CCCc1cc(C2=CC=C(c3cc(C)c(C)c(C)c3)[N+]2=[N-])cc(CCC)c1CCC.c1ccc(C[CH2][Ni][CH2]Cc2ccccc2)cc1. The summed E-state index contributed by atoms with van der Waals surface area (Å²) in [6.45, 7) is 13.2. The Labute approximate surface area is 291 Å². The number of rotatable bonds is 14. The van der Waals surface area contributed by atoms with Crippen molar-refractivity contribution < 1.29 is 19.1 Å². The fraction of sp³-hybridized carbons (Fsp3) is 0.364. The van der Waals surface area contributed by atoms with Crippen LogP contribution in [0.15, 0.2) is 97.1 Å². The van der Waals surface area contributed by atoms with E-state index in [0.717, 1.165) is 54.6 Å². The van der Waals surface area contributed by atoms with Crippen molar-refractivity contribution in [1.29, 1.82) is 0 Å². The van der Waals surface area contributed by atoms with E-state index in [1.165, 1.54) is 79.2 Å². The summed E-state index contributed by atoms with van der Waals surface area (Å²) >= 11 is 1.86. The van der Waals surface area contributed by atoms with Gasteiger partial charge in [-0.2, -0.15) is 0 Å². The summed E-state index contributed by atoms with van der Waals surface area (Å²) in [5.74, 6) is 0. The van der Waals surface area contributed by atoms with E-state index < -0.39 is 0 Å². The molecule has 0 N–H and O–H groups in total. The van der Waals surface area contributed by atoms with Crippen LogP contribution in [0.2, 0.25) is 10.8 Å². The monoisotopic (exact) mass is 668 g/mol. The number of hydrogen-bond acceptors (Lipinski definition) is 0. The number of nitrogens with zero attached hydrogens (tertiary/aromatic N) is 2. The topological polar surface area (TPSA) is 25.3 Å². The van der Waals surface area contributed by atoms with Gasteiger partial charge in [-0.15, -0.1) is 0 Å². The molecule has 0 saturated heterocycles. The first-order valence-electron chi connectivity index (χ1n) is 17.5. The molecule has 0 bridgehead atoms. The van der Waals surface area contributed by atoms with E-state index in [4.69, 9.17) is 0 Å². The van der Waals surface area contributed by atoms with E-state index in [2.05, 4.69) is 133 Å². The molecule has 250 valence electrons. The fourth-order valence-electron chi connectivity index (χ4n) is 6.21. The van der Waals surface area contributed by atoms with Crippen LogP contribution in [0, 0.1) is 20.8 Å². The molecule has 0 aromatic heterocycles. The van der Waals surface area contributed by atoms with Gasteiger partial charge in [-0.3, -0.25) is 0 Å². The van der Waals surface area contributed by atoms with Gasteiger partial charge < -0.3 is 5.53 Å². The van der Waals surface area contributed by atoms with Crippen molar-refractivity contribution in [3.05, 3.63) is 158 Å². The predicted molar refractivity (Wildman–Crippen MR) is 199 cm³/mol. The molecule has 0 atom stereocenters. The third kappa shape index (κ3) is 10.2. The molecular formula is C44H54N2Ni. The molecule has 1 aliphatic heterocycles. The molecule has 0 radical (unpaired) electrons. The van der Waals surface area contributed by atoms with E-state index in [1.807, 2.05) is 20.5 Å². The zero-order valence-electron chi connectivity index (χ0n) is 29.5. The number of hydrogen-bond donors (Lipinski definition) is 0. The van der Waals surface area contributed by atoms with Gasteiger partial charge in [-0.25, -0.2) is 4.70 Å². The van der Waals surface area contributed by atoms with Gasteiger partial charge in [0.05, 0.1) is 0 Å². The minimum atomic E-state index is 0.850. The van der Waals surface area contributed by atoms with E-state index in [-0.39, 0.29) is 0 Å². The quantitative estimate of drug-likeness (QED) is 0.0726. The third-order valence-corrected chi connectivity index (χ3v) is 10.2. The Balaban J connectivity index is 0.000000248. The molecule has 4 aromatic rings. The summed E-state index contributed by atoms with van der Waals surface area (Å²) in [6, 6.07) is 30.4. The maximum absolute atomic E-state index is 11.1. The Hall–Kier alpha value is -3.55. The molecule has 0 fully saturated rings. The molecule has 1 aliphatic rings. The van der Waals surface area contributed by atoms with Crippen molar-refractivity contribution in [2.75, 3.05) is 0 Å². The molecule has 0 amide bonds. The molecule has 4 aromatic carbocycles. The Morgan fingerprint density at radius 1 is 0.553 bits per heavy atom. The van der Waals surface area contributed by atoms with E-state index in [0.29, 0.717) is 0 Å². The second-order valence-electron chi connectivity index (χ2n) is 12.6. The zero-order chi connectivity index (χ0) is 33.6. The van der Waals surface area contributed by atoms with Crippen molar-refractivity contribution in [3.8, 4) is 0 Å². The number of allylic oxidation sites excluding steroid dienone is 2. The first-order valence-corrected chi connectivity index (χ1v) is 18.9. The fourth-order valence-corrected chi connectivity index (χ4v) is 7.38. The summed E-state index contributed by atoms with van der Waals surface area (Å²) < 4.78 is 1.38. The van der Waals surface area contributed by atoms with Crippen LogP contribution in [-0.4, -0.2) is 4.70 Å². The van der Waals surface area contributed by atoms with Crippen LogP contribution in [0.3, 0.4) is 0 Å². The van der Waals surface area contributed by atoms with Crippen molar-refractivity contribution in [3.63, 3.8) is 0 Å². The van der Waals surface area contributed by atoms with Crippen LogP contribution in [0.5, 0.6) is 0 Å². The predicted octanol–water partition coefficient (Wildman–Crippen LogP) is 12.3.